The van der Waals surface area contributed by atoms with Crippen molar-refractivity contribution in [3.63, 3.8) is 0 Å². The number of anilines is 1. The SMILES string of the molecule is COc1ccc(OCCCn2c([C@@H]3CC(=O)N(c4ccccc4F)C3)nc3ccccc32)cc1. The van der Waals surface area contributed by atoms with E-state index in [-0.39, 0.29) is 17.6 Å². The fourth-order valence-electron chi connectivity index (χ4n) is 4.51. The molecule has 1 aliphatic rings. The Balaban J connectivity index is 1.33. The van der Waals surface area contributed by atoms with Crippen LogP contribution in [-0.4, -0.2) is 35.7 Å². The summed E-state index contributed by atoms with van der Waals surface area (Å²) in [4.78, 5) is 19.2. The normalized spacial score (nSPS) is 15.8. The average molecular weight is 460 g/mol. The van der Waals surface area contributed by atoms with Crippen molar-refractivity contribution in [2.45, 2.75) is 25.3 Å². The molecule has 1 amide bonds. The summed E-state index contributed by atoms with van der Waals surface area (Å²) >= 11 is 0. The molecule has 0 aliphatic carbocycles. The Morgan fingerprint density at radius 1 is 1.00 bits per heavy atom. The van der Waals surface area contributed by atoms with Gasteiger partial charge < -0.3 is 18.9 Å². The lowest BCUT2D eigenvalue weighted by Gasteiger charge is -2.18. The van der Waals surface area contributed by atoms with E-state index in [2.05, 4.69) is 4.57 Å². The molecule has 3 aromatic carbocycles. The van der Waals surface area contributed by atoms with Gasteiger partial charge in [-0.2, -0.15) is 0 Å². The number of carbonyl (C=O) groups is 1. The number of amides is 1. The van der Waals surface area contributed by atoms with Gasteiger partial charge in [0.1, 0.15) is 23.1 Å². The standard InChI is InChI=1S/C27H26FN3O3/c1-33-20-11-13-21(14-12-20)34-16-6-15-30-25-10-5-3-8-23(25)29-27(30)19-17-26(32)31(18-19)24-9-4-2-7-22(24)28/h2-5,7-14,19H,6,15-18H2,1H3/t19-/m1/s1. The zero-order valence-electron chi connectivity index (χ0n) is 19.0. The molecule has 0 radical (unpaired) electrons. The Morgan fingerprint density at radius 2 is 1.74 bits per heavy atom. The molecule has 1 fully saturated rings. The predicted molar refractivity (Wildman–Crippen MR) is 129 cm³/mol. The summed E-state index contributed by atoms with van der Waals surface area (Å²) in [5.74, 6) is 1.85. The summed E-state index contributed by atoms with van der Waals surface area (Å²) < 4.78 is 27.6. The molecule has 34 heavy (non-hydrogen) atoms. The first-order chi connectivity index (χ1) is 16.6. The molecule has 1 aliphatic heterocycles. The molecule has 0 N–H and O–H groups in total. The van der Waals surface area contributed by atoms with E-state index < -0.39 is 0 Å². The molecule has 2 heterocycles. The van der Waals surface area contributed by atoms with Gasteiger partial charge in [-0.25, -0.2) is 9.37 Å². The van der Waals surface area contributed by atoms with Gasteiger partial charge in [0.15, 0.2) is 0 Å². The van der Waals surface area contributed by atoms with Crippen molar-refractivity contribution in [1.29, 1.82) is 0 Å². The van der Waals surface area contributed by atoms with Crippen LogP contribution in [0.15, 0.2) is 72.8 Å². The monoisotopic (exact) mass is 459 g/mol. The average Bonchev–Trinajstić information content (AvgIpc) is 3.43. The van der Waals surface area contributed by atoms with Crippen molar-refractivity contribution in [1.82, 2.24) is 9.55 Å². The fraction of sp³-hybridized carbons (Fsp3) is 0.259. The number of imidazole rings is 1. The number of benzene rings is 3. The number of para-hydroxylation sites is 3. The molecule has 7 heteroatoms. The second-order valence-corrected chi connectivity index (χ2v) is 8.34. The Kier molecular flexibility index (Phi) is 6.16. The Hall–Kier alpha value is -3.87. The summed E-state index contributed by atoms with van der Waals surface area (Å²) in [5, 5.41) is 0. The number of methoxy groups -OCH3 is 1. The topological polar surface area (TPSA) is 56.6 Å². The highest BCUT2D eigenvalue weighted by Gasteiger charge is 2.35. The van der Waals surface area contributed by atoms with Crippen LogP contribution in [0.3, 0.4) is 0 Å². The van der Waals surface area contributed by atoms with Gasteiger partial charge in [-0.1, -0.05) is 24.3 Å². The van der Waals surface area contributed by atoms with Crippen LogP contribution in [0.2, 0.25) is 0 Å². The molecule has 0 spiro atoms. The number of hydrogen-bond donors (Lipinski definition) is 0. The molecule has 0 bridgehead atoms. The molecule has 1 aromatic heterocycles. The molecule has 5 rings (SSSR count). The lowest BCUT2D eigenvalue weighted by Crippen LogP contribution is -2.25. The maximum absolute atomic E-state index is 14.3. The first-order valence-corrected chi connectivity index (χ1v) is 11.4. The van der Waals surface area contributed by atoms with E-state index in [9.17, 15) is 9.18 Å². The number of nitrogens with zero attached hydrogens (tertiary/aromatic N) is 3. The number of carbonyl (C=O) groups excluding carboxylic acids is 1. The summed E-state index contributed by atoms with van der Waals surface area (Å²) in [6.07, 6.45) is 1.08. The summed E-state index contributed by atoms with van der Waals surface area (Å²) in [6, 6.07) is 21.9. The molecule has 4 aromatic rings. The minimum absolute atomic E-state index is 0.0865. The van der Waals surface area contributed by atoms with Gasteiger partial charge in [0.05, 0.1) is 30.4 Å². The molecular formula is C27H26FN3O3. The van der Waals surface area contributed by atoms with Crippen molar-refractivity contribution in [2.75, 3.05) is 25.2 Å². The van der Waals surface area contributed by atoms with E-state index in [0.29, 0.717) is 31.8 Å². The maximum atomic E-state index is 14.3. The summed E-state index contributed by atoms with van der Waals surface area (Å²) in [5.41, 5.74) is 2.25. The van der Waals surface area contributed by atoms with Crippen LogP contribution < -0.4 is 14.4 Å². The smallest absolute Gasteiger partial charge is 0.227 e. The number of hydrogen-bond acceptors (Lipinski definition) is 4. The second kappa shape index (κ2) is 9.55. The van der Waals surface area contributed by atoms with E-state index in [0.717, 1.165) is 34.8 Å². The molecule has 0 unspecified atom stereocenters. The number of fused-ring (bicyclic) bond motifs is 1. The number of rotatable bonds is 8. The number of ether oxygens (including phenoxy) is 2. The van der Waals surface area contributed by atoms with Crippen LogP contribution in [0.4, 0.5) is 10.1 Å². The molecular weight excluding hydrogens is 433 g/mol. The highest BCUT2D eigenvalue weighted by atomic mass is 19.1. The second-order valence-electron chi connectivity index (χ2n) is 8.34. The first kappa shape index (κ1) is 21.9. The van der Waals surface area contributed by atoms with Crippen LogP contribution in [0, 0.1) is 5.82 Å². The van der Waals surface area contributed by atoms with Gasteiger partial charge in [0, 0.05) is 25.4 Å². The van der Waals surface area contributed by atoms with Crippen molar-refractivity contribution in [3.8, 4) is 11.5 Å². The van der Waals surface area contributed by atoms with Crippen molar-refractivity contribution >= 4 is 22.6 Å². The van der Waals surface area contributed by atoms with Gasteiger partial charge >= 0.3 is 0 Å². The third-order valence-electron chi connectivity index (χ3n) is 6.17. The molecule has 0 saturated carbocycles. The zero-order valence-corrected chi connectivity index (χ0v) is 19.0. The van der Waals surface area contributed by atoms with Crippen molar-refractivity contribution in [3.05, 3.63) is 84.4 Å². The Bertz CT molecular complexity index is 1300. The van der Waals surface area contributed by atoms with E-state index in [1.165, 1.54) is 11.0 Å². The van der Waals surface area contributed by atoms with Crippen LogP contribution in [0.25, 0.3) is 11.0 Å². The molecule has 174 valence electrons. The maximum Gasteiger partial charge on any atom is 0.227 e. The van der Waals surface area contributed by atoms with Crippen LogP contribution in [0.1, 0.15) is 24.6 Å². The lowest BCUT2D eigenvalue weighted by molar-refractivity contribution is -0.117. The number of halogens is 1. The fourth-order valence-corrected chi connectivity index (χ4v) is 4.51. The van der Waals surface area contributed by atoms with Gasteiger partial charge in [0.25, 0.3) is 0 Å². The minimum Gasteiger partial charge on any atom is -0.497 e. The lowest BCUT2D eigenvalue weighted by atomic mass is 10.1. The molecule has 6 nitrogen and oxygen atoms in total. The van der Waals surface area contributed by atoms with E-state index in [1.807, 2.05) is 48.5 Å². The largest absolute Gasteiger partial charge is 0.497 e. The van der Waals surface area contributed by atoms with E-state index in [1.54, 1.807) is 25.3 Å². The third-order valence-corrected chi connectivity index (χ3v) is 6.17. The third kappa shape index (κ3) is 4.33. The Morgan fingerprint density at radius 3 is 2.53 bits per heavy atom. The number of aromatic nitrogens is 2. The van der Waals surface area contributed by atoms with Crippen molar-refractivity contribution < 1.29 is 18.7 Å². The Labute approximate surface area is 197 Å². The van der Waals surface area contributed by atoms with Gasteiger partial charge in [-0.3, -0.25) is 4.79 Å². The van der Waals surface area contributed by atoms with Crippen LogP contribution in [-0.2, 0) is 11.3 Å². The molecule has 1 saturated heterocycles. The van der Waals surface area contributed by atoms with Gasteiger partial charge in [-0.05, 0) is 55.0 Å². The van der Waals surface area contributed by atoms with Gasteiger partial charge in [-0.15, -0.1) is 0 Å². The summed E-state index contributed by atoms with van der Waals surface area (Å²) in [7, 11) is 1.64. The van der Waals surface area contributed by atoms with E-state index >= 15 is 0 Å². The highest BCUT2D eigenvalue weighted by Crippen LogP contribution is 2.34. The van der Waals surface area contributed by atoms with Gasteiger partial charge in [0.2, 0.25) is 5.91 Å². The van der Waals surface area contributed by atoms with Crippen molar-refractivity contribution in [2.24, 2.45) is 0 Å². The van der Waals surface area contributed by atoms with Crippen LogP contribution >= 0.6 is 0 Å². The minimum atomic E-state index is -0.388. The first-order valence-electron chi connectivity index (χ1n) is 11.4. The van der Waals surface area contributed by atoms with Crippen LogP contribution in [0.5, 0.6) is 11.5 Å². The van der Waals surface area contributed by atoms with E-state index in [4.69, 9.17) is 14.5 Å². The predicted octanol–water partition coefficient (Wildman–Crippen LogP) is 5.17. The quantitative estimate of drug-likeness (QED) is 0.341. The zero-order chi connectivity index (χ0) is 23.5. The molecule has 1 atom stereocenters. The highest BCUT2D eigenvalue weighted by molar-refractivity contribution is 5.96. The summed E-state index contributed by atoms with van der Waals surface area (Å²) in [6.45, 7) is 1.66. The number of aryl methyl sites for hydroxylation is 1.